The second-order valence-corrected chi connectivity index (χ2v) is 7.19. The van der Waals surface area contributed by atoms with E-state index in [9.17, 15) is 9.59 Å². The summed E-state index contributed by atoms with van der Waals surface area (Å²) in [5.74, 6) is -0.836. The molecule has 1 fully saturated rings. The molecule has 1 amide bonds. The minimum atomic E-state index is -0.431. The molecule has 0 aliphatic carbocycles. The van der Waals surface area contributed by atoms with Crippen molar-refractivity contribution in [3.8, 4) is 0 Å². The van der Waals surface area contributed by atoms with Gasteiger partial charge in [-0.25, -0.2) is 0 Å². The quantitative estimate of drug-likeness (QED) is 0.780. The number of halogens is 1. The number of anilines is 2. The summed E-state index contributed by atoms with van der Waals surface area (Å²) in [5.41, 5.74) is 3.27. The number of nitrogens with zero attached hydrogens (tertiary/aromatic N) is 3. The average molecular weight is 370 g/mol. The zero-order valence-corrected chi connectivity index (χ0v) is 15.4. The fourth-order valence-corrected chi connectivity index (χ4v) is 3.85. The van der Waals surface area contributed by atoms with Crippen LogP contribution >= 0.6 is 11.6 Å². The molecular formula is C20H20ClN3O2. The molecule has 2 aliphatic rings. The molecule has 2 aliphatic heterocycles. The van der Waals surface area contributed by atoms with Gasteiger partial charge in [-0.05, 0) is 31.2 Å². The Balaban J connectivity index is 1.45. The lowest BCUT2D eigenvalue weighted by Gasteiger charge is -2.38. The van der Waals surface area contributed by atoms with Crippen LogP contribution in [0.4, 0.5) is 11.4 Å². The van der Waals surface area contributed by atoms with E-state index in [2.05, 4.69) is 9.80 Å². The molecule has 2 aromatic rings. The predicted molar refractivity (Wildman–Crippen MR) is 103 cm³/mol. The monoisotopic (exact) mass is 369 g/mol. The number of ketones is 1. The lowest BCUT2D eigenvalue weighted by atomic mass is 10.1. The molecule has 0 N–H and O–H groups in total. The van der Waals surface area contributed by atoms with Crippen molar-refractivity contribution in [2.45, 2.75) is 6.92 Å². The lowest BCUT2D eigenvalue weighted by molar-refractivity contribution is -0.114. The van der Waals surface area contributed by atoms with Gasteiger partial charge in [-0.2, -0.15) is 0 Å². The molecule has 6 heteroatoms. The van der Waals surface area contributed by atoms with Crippen LogP contribution in [0.2, 0.25) is 5.02 Å². The van der Waals surface area contributed by atoms with Crippen LogP contribution in [0, 0.1) is 6.92 Å². The van der Waals surface area contributed by atoms with Crippen molar-refractivity contribution < 1.29 is 9.59 Å². The van der Waals surface area contributed by atoms with Gasteiger partial charge < -0.3 is 4.90 Å². The van der Waals surface area contributed by atoms with Crippen molar-refractivity contribution in [1.82, 2.24) is 4.90 Å². The van der Waals surface area contributed by atoms with Gasteiger partial charge in [-0.15, -0.1) is 0 Å². The number of hydrogen-bond donors (Lipinski definition) is 0. The third-order valence-corrected chi connectivity index (χ3v) is 5.35. The van der Waals surface area contributed by atoms with Gasteiger partial charge in [-0.3, -0.25) is 19.4 Å². The Morgan fingerprint density at radius 2 is 1.69 bits per heavy atom. The molecule has 134 valence electrons. The van der Waals surface area contributed by atoms with Crippen LogP contribution in [-0.2, 0) is 4.79 Å². The first kappa shape index (κ1) is 17.1. The van der Waals surface area contributed by atoms with Crippen LogP contribution < -0.4 is 9.80 Å². The number of carbonyl (C=O) groups excluding carboxylic acids is 2. The van der Waals surface area contributed by atoms with E-state index >= 15 is 0 Å². The Morgan fingerprint density at radius 1 is 0.962 bits per heavy atom. The van der Waals surface area contributed by atoms with E-state index in [1.807, 2.05) is 43.3 Å². The Bertz CT molecular complexity index is 875. The zero-order valence-electron chi connectivity index (χ0n) is 14.6. The fourth-order valence-electron chi connectivity index (χ4n) is 3.59. The van der Waals surface area contributed by atoms with E-state index in [1.54, 1.807) is 11.0 Å². The van der Waals surface area contributed by atoms with Crippen LogP contribution in [-0.4, -0.2) is 49.4 Å². The van der Waals surface area contributed by atoms with Crippen LogP contribution in [0.3, 0.4) is 0 Å². The van der Waals surface area contributed by atoms with E-state index < -0.39 is 11.7 Å². The first-order chi connectivity index (χ1) is 12.5. The summed E-state index contributed by atoms with van der Waals surface area (Å²) in [4.78, 5) is 30.7. The van der Waals surface area contributed by atoms with Crippen LogP contribution in [0.1, 0.15) is 15.9 Å². The molecule has 0 atom stereocenters. The van der Waals surface area contributed by atoms with Gasteiger partial charge in [0.05, 0.1) is 28.6 Å². The molecule has 0 spiro atoms. The third-order valence-electron chi connectivity index (χ3n) is 5.03. The minimum Gasteiger partial charge on any atom is -0.368 e. The largest absolute Gasteiger partial charge is 0.368 e. The van der Waals surface area contributed by atoms with Gasteiger partial charge in [0, 0.05) is 26.2 Å². The van der Waals surface area contributed by atoms with Gasteiger partial charge in [-0.1, -0.05) is 35.4 Å². The number of carbonyl (C=O) groups is 2. The number of rotatable bonds is 3. The van der Waals surface area contributed by atoms with Crippen molar-refractivity contribution in [3.63, 3.8) is 0 Å². The SMILES string of the molecule is Cc1ccc2c(c1)C(=O)C(=O)N2CN1CCN(c2ccccc2Cl)CC1. The maximum atomic E-state index is 12.4. The molecular weight excluding hydrogens is 350 g/mol. The smallest absolute Gasteiger partial charge is 0.300 e. The van der Waals surface area contributed by atoms with Crippen LogP contribution in [0.5, 0.6) is 0 Å². The Labute approximate surface area is 157 Å². The standard InChI is InChI=1S/C20H20ClN3O2/c1-14-6-7-17-15(12-14)19(25)20(26)24(17)13-22-8-10-23(11-9-22)18-5-3-2-4-16(18)21/h2-7,12H,8-11,13H2,1H3. The van der Waals surface area contributed by atoms with E-state index in [4.69, 9.17) is 11.6 Å². The zero-order chi connectivity index (χ0) is 18.3. The number of aryl methyl sites for hydroxylation is 1. The Kier molecular flexibility index (Phi) is 4.42. The number of para-hydroxylation sites is 1. The summed E-state index contributed by atoms with van der Waals surface area (Å²) in [6.07, 6.45) is 0. The molecule has 0 bridgehead atoms. The maximum Gasteiger partial charge on any atom is 0.300 e. The van der Waals surface area contributed by atoms with Crippen molar-refractivity contribution >= 4 is 34.7 Å². The summed E-state index contributed by atoms with van der Waals surface area (Å²) in [6.45, 7) is 5.65. The highest BCUT2D eigenvalue weighted by Gasteiger charge is 2.37. The molecule has 0 unspecified atom stereocenters. The molecule has 2 aromatic carbocycles. The highest BCUT2D eigenvalue weighted by molar-refractivity contribution is 6.52. The lowest BCUT2D eigenvalue weighted by Crippen LogP contribution is -2.51. The number of benzene rings is 2. The van der Waals surface area contributed by atoms with Crippen molar-refractivity contribution in [1.29, 1.82) is 0 Å². The molecule has 26 heavy (non-hydrogen) atoms. The third kappa shape index (κ3) is 2.97. The molecule has 4 rings (SSSR count). The van der Waals surface area contributed by atoms with Crippen molar-refractivity contribution in [3.05, 3.63) is 58.6 Å². The van der Waals surface area contributed by atoms with Gasteiger partial charge >= 0.3 is 5.91 Å². The van der Waals surface area contributed by atoms with E-state index in [0.29, 0.717) is 12.2 Å². The molecule has 0 aromatic heterocycles. The molecule has 0 radical (unpaired) electrons. The number of hydrogen-bond acceptors (Lipinski definition) is 4. The summed E-state index contributed by atoms with van der Waals surface area (Å²) in [6, 6.07) is 13.4. The topological polar surface area (TPSA) is 43.9 Å². The maximum absolute atomic E-state index is 12.4. The second kappa shape index (κ2) is 6.74. The fraction of sp³-hybridized carbons (Fsp3) is 0.300. The molecule has 1 saturated heterocycles. The van der Waals surface area contributed by atoms with Gasteiger partial charge in [0.2, 0.25) is 0 Å². The summed E-state index contributed by atoms with van der Waals surface area (Å²) in [5, 5.41) is 0.755. The number of Topliss-reactive ketones (excluding diaryl/α,β-unsaturated/α-hetero) is 1. The molecule has 0 saturated carbocycles. The van der Waals surface area contributed by atoms with Gasteiger partial charge in [0.25, 0.3) is 5.78 Å². The highest BCUT2D eigenvalue weighted by Crippen LogP contribution is 2.30. The van der Waals surface area contributed by atoms with E-state index in [-0.39, 0.29) is 0 Å². The van der Waals surface area contributed by atoms with Crippen LogP contribution in [0.25, 0.3) is 0 Å². The minimum absolute atomic E-state index is 0.404. The number of fused-ring (bicyclic) bond motifs is 1. The van der Waals surface area contributed by atoms with Crippen molar-refractivity contribution in [2.24, 2.45) is 0 Å². The summed E-state index contributed by atoms with van der Waals surface area (Å²) < 4.78 is 0. The first-order valence-corrected chi connectivity index (χ1v) is 9.11. The predicted octanol–water partition coefficient (Wildman–Crippen LogP) is 2.96. The normalized spacial score (nSPS) is 17.8. The first-order valence-electron chi connectivity index (χ1n) is 8.73. The highest BCUT2D eigenvalue weighted by atomic mass is 35.5. The Morgan fingerprint density at radius 3 is 2.42 bits per heavy atom. The van der Waals surface area contributed by atoms with Crippen molar-refractivity contribution in [2.75, 3.05) is 42.6 Å². The van der Waals surface area contributed by atoms with Crippen LogP contribution in [0.15, 0.2) is 42.5 Å². The second-order valence-electron chi connectivity index (χ2n) is 6.78. The summed E-state index contributed by atoms with van der Waals surface area (Å²) in [7, 11) is 0. The molecule has 2 heterocycles. The Hall–Kier alpha value is -2.37. The number of piperazine rings is 1. The average Bonchev–Trinajstić information content (AvgIpc) is 2.87. The van der Waals surface area contributed by atoms with Gasteiger partial charge in [0.15, 0.2) is 0 Å². The number of amides is 1. The van der Waals surface area contributed by atoms with E-state index in [0.717, 1.165) is 48.1 Å². The summed E-state index contributed by atoms with van der Waals surface area (Å²) >= 11 is 6.29. The molecule has 5 nitrogen and oxygen atoms in total. The van der Waals surface area contributed by atoms with E-state index in [1.165, 1.54) is 0 Å². The van der Waals surface area contributed by atoms with Gasteiger partial charge in [0.1, 0.15) is 0 Å².